The number of para-hydroxylation sites is 2. The smallest absolute Gasteiger partial charge is 0.323 e. The number of nitrogens with zero attached hydrogens (tertiary/aromatic N) is 1. The highest BCUT2D eigenvalue weighted by Crippen LogP contribution is 2.48. The number of hydrogen-bond donors (Lipinski definition) is 1. The summed E-state index contributed by atoms with van der Waals surface area (Å²) in [5, 5.41) is 1.69. The molecule has 1 fully saturated rings. The van der Waals surface area contributed by atoms with Crippen LogP contribution in [-0.4, -0.2) is 42.0 Å². The van der Waals surface area contributed by atoms with Crippen LogP contribution >= 0.6 is 0 Å². The first-order valence-corrected chi connectivity index (χ1v) is 15.3. The van der Waals surface area contributed by atoms with Crippen LogP contribution in [0.4, 0.5) is 11.4 Å². The highest BCUT2D eigenvalue weighted by molar-refractivity contribution is 7.85. The molecule has 2 atom stereocenters. The van der Waals surface area contributed by atoms with Gasteiger partial charge in [0.15, 0.2) is 5.41 Å². The van der Waals surface area contributed by atoms with E-state index in [0.29, 0.717) is 12.2 Å². The number of carbonyl (C=O) groups excluding carboxylic acids is 3. The van der Waals surface area contributed by atoms with E-state index in [9.17, 15) is 18.6 Å². The molecule has 1 aliphatic carbocycles. The Morgan fingerprint density at radius 2 is 1.47 bits per heavy atom. The van der Waals surface area contributed by atoms with Crippen molar-refractivity contribution < 1.29 is 28.1 Å². The fourth-order valence-corrected chi connectivity index (χ4v) is 6.21. The standard InChI is InChI=1S/C34H36N2O6S/c1-25-16-19-30(20-17-25)43(40)22-10-11-26-23-34(32(38)41-2,33(39)42-3)24-27(26)18-21-31(37)35-36(28-12-6-4-7-13-28)29-14-8-5-9-15-29/h4-9,11-21,27H,10,22-24H2,1-3H3,(H,35,37)/b21-18+,26-11-. The maximum absolute atomic E-state index is 13.2. The summed E-state index contributed by atoms with van der Waals surface area (Å²) in [6.45, 7) is 1.97. The Bertz CT molecular complexity index is 1450. The number of carbonyl (C=O) groups is 3. The molecule has 0 aliphatic heterocycles. The third kappa shape index (κ3) is 7.67. The van der Waals surface area contributed by atoms with Crippen LogP contribution in [0.2, 0.25) is 0 Å². The third-order valence-corrected chi connectivity index (χ3v) is 8.83. The Kier molecular flexibility index (Phi) is 10.7. The molecule has 4 rings (SSSR count). The number of aryl methyl sites for hydroxylation is 1. The monoisotopic (exact) mass is 600 g/mol. The fraction of sp³-hybridized carbons (Fsp3) is 0.265. The Balaban J connectivity index is 1.56. The first kappa shape index (κ1) is 31.4. The van der Waals surface area contributed by atoms with Gasteiger partial charge < -0.3 is 9.47 Å². The molecule has 8 nitrogen and oxygen atoms in total. The van der Waals surface area contributed by atoms with Crippen molar-refractivity contribution in [1.29, 1.82) is 0 Å². The molecule has 9 heteroatoms. The van der Waals surface area contributed by atoms with Gasteiger partial charge in [0, 0.05) is 16.7 Å². The van der Waals surface area contributed by atoms with Crippen molar-refractivity contribution in [3.63, 3.8) is 0 Å². The van der Waals surface area contributed by atoms with Crippen molar-refractivity contribution in [2.24, 2.45) is 11.3 Å². The summed E-state index contributed by atoms with van der Waals surface area (Å²) < 4.78 is 22.9. The van der Waals surface area contributed by atoms with E-state index in [0.717, 1.165) is 27.4 Å². The fourth-order valence-electron chi connectivity index (χ4n) is 5.20. The summed E-state index contributed by atoms with van der Waals surface area (Å²) >= 11 is 0. The van der Waals surface area contributed by atoms with Crippen LogP contribution in [0.1, 0.15) is 24.8 Å². The predicted octanol–water partition coefficient (Wildman–Crippen LogP) is 5.59. The van der Waals surface area contributed by atoms with Crippen molar-refractivity contribution in [2.75, 3.05) is 25.0 Å². The van der Waals surface area contributed by atoms with Gasteiger partial charge in [0.25, 0.3) is 5.91 Å². The topological polar surface area (TPSA) is 102 Å². The van der Waals surface area contributed by atoms with Gasteiger partial charge in [-0.05, 0) is 68.5 Å². The maximum atomic E-state index is 13.2. The lowest BCUT2D eigenvalue weighted by Crippen LogP contribution is -2.39. The normalized spacial score (nSPS) is 17.4. The number of allylic oxidation sites excluding steroid dienone is 3. The number of hydrogen-bond acceptors (Lipinski definition) is 7. The molecule has 1 saturated carbocycles. The first-order valence-electron chi connectivity index (χ1n) is 14.0. The van der Waals surface area contributed by atoms with Gasteiger partial charge in [-0.15, -0.1) is 0 Å². The van der Waals surface area contributed by atoms with E-state index in [1.54, 1.807) is 11.1 Å². The third-order valence-electron chi connectivity index (χ3n) is 7.43. The minimum absolute atomic E-state index is 0.0836. The van der Waals surface area contributed by atoms with Crippen LogP contribution in [0.3, 0.4) is 0 Å². The minimum Gasteiger partial charge on any atom is -0.468 e. The lowest BCUT2D eigenvalue weighted by Gasteiger charge is -2.25. The lowest BCUT2D eigenvalue weighted by molar-refractivity contribution is -0.168. The number of anilines is 2. The number of hydrazine groups is 1. The number of ether oxygens (including phenoxy) is 2. The molecule has 3 aromatic rings. The summed E-state index contributed by atoms with van der Waals surface area (Å²) in [6.07, 6.45) is 5.64. The van der Waals surface area contributed by atoms with Gasteiger partial charge in [-0.25, -0.2) is 0 Å². The van der Waals surface area contributed by atoms with E-state index in [4.69, 9.17) is 9.47 Å². The molecule has 1 amide bonds. The van der Waals surface area contributed by atoms with Crippen LogP contribution in [0.15, 0.2) is 114 Å². The average molecular weight is 601 g/mol. The second kappa shape index (κ2) is 14.6. The SMILES string of the molecule is COC(=O)C1(C(=O)OC)C/C(=C/CCS(=O)c2ccc(C)cc2)C(/C=C/C(=O)NN(c2ccccc2)c2ccccc2)C1. The van der Waals surface area contributed by atoms with Gasteiger partial charge in [-0.1, -0.05) is 71.8 Å². The quantitative estimate of drug-likeness (QED) is 0.101. The predicted molar refractivity (Wildman–Crippen MR) is 167 cm³/mol. The van der Waals surface area contributed by atoms with Crippen LogP contribution in [0, 0.1) is 18.3 Å². The van der Waals surface area contributed by atoms with Crippen LogP contribution < -0.4 is 10.4 Å². The summed E-state index contributed by atoms with van der Waals surface area (Å²) in [4.78, 5) is 39.8. The summed E-state index contributed by atoms with van der Waals surface area (Å²) in [7, 11) is 1.26. The van der Waals surface area contributed by atoms with Crippen molar-refractivity contribution in [3.05, 3.63) is 114 Å². The van der Waals surface area contributed by atoms with Crippen LogP contribution in [-0.2, 0) is 34.7 Å². The summed E-state index contributed by atoms with van der Waals surface area (Å²) in [6, 6.07) is 26.4. The van der Waals surface area contributed by atoms with Gasteiger partial charge >= 0.3 is 11.9 Å². The van der Waals surface area contributed by atoms with Gasteiger partial charge in [-0.2, -0.15) is 0 Å². The molecule has 0 saturated heterocycles. The van der Waals surface area contributed by atoms with E-state index in [2.05, 4.69) is 5.43 Å². The van der Waals surface area contributed by atoms with Gasteiger partial charge in [0.2, 0.25) is 0 Å². The largest absolute Gasteiger partial charge is 0.468 e. The van der Waals surface area contributed by atoms with Crippen molar-refractivity contribution in [3.8, 4) is 0 Å². The van der Waals surface area contributed by atoms with Crippen molar-refractivity contribution in [2.45, 2.75) is 31.1 Å². The van der Waals surface area contributed by atoms with E-state index in [1.807, 2.05) is 97.9 Å². The van der Waals surface area contributed by atoms with E-state index in [1.165, 1.54) is 20.3 Å². The first-order chi connectivity index (χ1) is 20.8. The van der Waals surface area contributed by atoms with E-state index < -0.39 is 34.1 Å². The molecule has 43 heavy (non-hydrogen) atoms. The Morgan fingerprint density at radius 1 is 0.907 bits per heavy atom. The molecule has 0 radical (unpaired) electrons. The lowest BCUT2D eigenvalue weighted by atomic mass is 9.85. The number of benzene rings is 3. The number of methoxy groups -OCH3 is 2. The molecule has 0 heterocycles. The molecular weight excluding hydrogens is 564 g/mol. The van der Waals surface area contributed by atoms with Crippen molar-refractivity contribution >= 4 is 40.0 Å². The van der Waals surface area contributed by atoms with Gasteiger partial charge in [-0.3, -0.25) is 29.0 Å². The summed E-state index contributed by atoms with van der Waals surface area (Å²) in [5.74, 6) is -1.81. The zero-order valence-corrected chi connectivity index (χ0v) is 25.3. The number of rotatable bonds is 11. The molecule has 0 spiro atoms. The van der Waals surface area contributed by atoms with E-state index in [-0.39, 0.29) is 18.7 Å². The number of nitrogens with one attached hydrogen (secondary N) is 1. The molecule has 0 aromatic heterocycles. The van der Waals surface area contributed by atoms with Gasteiger partial charge in [0.05, 0.1) is 36.4 Å². The Morgan fingerprint density at radius 3 is 2.00 bits per heavy atom. The highest BCUT2D eigenvalue weighted by atomic mass is 32.2. The molecule has 1 aliphatic rings. The van der Waals surface area contributed by atoms with E-state index >= 15 is 0 Å². The zero-order valence-electron chi connectivity index (χ0n) is 24.5. The molecule has 2 unspecified atom stereocenters. The zero-order chi connectivity index (χ0) is 30.8. The van der Waals surface area contributed by atoms with Crippen LogP contribution in [0.5, 0.6) is 0 Å². The number of esters is 2. The van der Waals surface area contributed by atoms with Crippen LogP contribution in [0.25, 0.3) is 0 Å². The molecule has 0 bridgehead atoms. The minimum atomic E-state index is -1.53. The average Bonchev–Trinajstić information content (AvgIpc) is 3.42. The molecule has 1 N–H and O–H groups in total. The maximum Gasteiger partial charge on any atom is 0.323 e. The highest BCUT2D eigenvalue weighted by Gasteiger charge is 2.54. The Hall–Kier alpha value is -4.50. The Labute approximate surface area is 254 Å². The molecule has 224 valence electrons. The summed E-state index contributed by atoms with van der Waals surface area (Å²) in [5.41, 5.74) is 4.80. The van der Waals surface area contributed by atoms with Crippen molar-refractivity contribution in [1.82, 2.24) is 5.43 Å². The molecular formula is C34H36N2O6S. The second-order valence-corrected chi connectivity index (χ2v) is 11.9. The second-order valence-electron chi connectivity index (χ2n) is 10.3. The number of amides is 1. The van der Waals surface area contributed by atoms with Gasteiger partial charge in [0.1, 0.15) is 0 Å². The molecule has 3 aromatic carbocycles.